The van der Waals surface area contributed by atoms with E-state index in [1.54, 1.807) is 6.08 Å². The van der Waals surface area contributed by atoms with Crippen molar-refractivity contribution in [1.29, 1.82) is 10.5 Å². The average Bonchev–Trinajstić information content (AvgIpc) is 2.26. The summed E-state index contributed by atoms with van der Waals surface area (Å²) in [5.41, 5.74) is 2.12. The van der Waals surface area contributed by atoms with Gasteiger partial charge in [-0.3, -0.25) is 0 Å². The van der Waals surface area contributed by atoms with Crippen molar-refractivity contribution in [3.8, 4) is 12.1 Å². The molecule has 0 spiro atoms. The van der Waals surface area contributed by atoms with Crippen LogP contribution in [0.25, 0.3) is 6.08 Å². The van der Waals surface area contributed by atoms with E-state index in [1.807, 2.05) is 36.4 Å². The van der Waals surface area contributed by atoms with Crippen molar-refractivity contribution in [2.75, 3.05) is 0 Å². The molecule has 0 aliphatic rings. The summed E-state index contributed by atoms with van der Waals surface area (Å²) >= 11 is 3.34. The molecule has 1 aromatic carbocycles. The quantitative estimate of drug-likeness (QED) is 0.595. The molecule has 0 unspecified atom stereocenters. The Balaban J connectivity index is 3.05. The molecule has 0 aliphatic carbocycles. The van der Waals surface area contributed by atoms with E-state index in [4.69, 9.17) is 10.5 Å². The molecule has 0 saturated carbocycles. The lowest BCUT2D eigenvalue weighted by Gasteiger charge is -1.96. The van der Waals surface area contributed by atoms with Gasteiger partial charge in [-0.15, -0.1) is 0 Å². The fourth-order valence-electron chi connectivity index (χ4n) is 1.02. The van der Waals surface area contributed by atoms with E-state index in [1.165, 1.54) is 0 Å². The van der Waals surface area contributed by atoms with Crippen LogP contribution in [0, 0.1) is 22.7 Å². The highest BCUT2D eigenvalue weighted by molar-refractivity contribution is 9.08. The maximum atomic E-state index is 8.56. The number of nitriles is 2. The highest BCUT2D eigenvalue weighted by Crippen LogP contribution is 2.11. The Kier molecular flexibility index (Phi) is 3.91. The van der Waals surface area contributed by atoms with Crippen molar-refractivity contribution in [3.63, 3.8) is 0 Å². The van der Waals surface area contributed by atoms with Gasteiger partial charge in [0, 0.05) is 5.33 Å². The van der Waals surface area contributed by atoms with E-state index in [2.05, 4.69) is 15.9 Å². The third-order valence-corrected chi connectivity index (χ3v) is 2.30. The number of benzene rings is 1. The Morgan fingerprint density at radius 2 is 2.07 bits per heavy atom. The lowest BCUT2D eigenvalue weighted by atomic mass is 10.1. The van der Waals surface area contributed by atoms with Crippen LogP contribution in [0.1, 0.15) is 11.1 Å². The summed E-state index contributed by atoms with van der Waals surface area (Å²) in [6.45, 7) is 0. The Hall–Kier alpha value is -1.58. The van der Waals surface area contributed by atoms with Gasteiger partial charge >= 0.3 is 0 Å². The third kappa shape index (κ3) is 2.73. The van der Waals surface area contributed by atoms with Crippen molar-refractivity contribution >= 4 is 22.0 Å². The van der Waals surface area contributed by atoms with Gasteiger partial charge in [0.25, 0.3) is 0 Å². The normalized spacial score (nSPS) is 8.50. The van der Waals surface area contributed by atoms with Gasteiger partial charge in [0.05, 0.1) is 0 Å². The van der Waals surface area contributed by atoms with E-state index in [0.717, 1.165) is 16.5 Å². The van der Waals surface area contributed by atoms with E-state index in [0.29, 0.717) is 0 Å². The fourth-order valence-corrected chi connectivity index (χ4v) is 1.37. The van der Waals surface area contributed by atoms with Crippen LogP contribution >= 0.6 is 15.9 Å². The monoisotopic (exact) mass is 246 g/mol. The molecule has 0 radical (unpaired) electrons. The van der Waals surface area contributed by atoms with Gasteiger partial charge in [0.15, 0.2) is 0 Å². The Bertz CT molecular complexity index is 419. The first-order valence-electron chi connectivity index (χ1n) is 3.97. The van der Waals surface area contributed by atoms with Crippen molar-refractivity contribution in [2.45, 2.75) is 5.33 Å². The first-order chi connectivity index (χ1) is 6.80. The van der Waals surface area contributed by atoms with Crippen LogP contribution in [0.5, 0.6) is 0 Å². The van der Waals surface area contributed by atoms with Crippen molar-refractivity contribution in [1.82, 2.24) is 0 Å². The van der Waals surface area contributed by atoms with Crippen molar-refractivity contribution in [2.24, 2.45) is 0 Å². The van der Waals surface area contributed by atoms with Gasteiger partial charge in [-0.25, -0.2) is 0 Å². The smallest absolute Gasteiger partial charge is 0.130 e. The number of nitrogens with zero attached hydrogens (tertiary/aromatic N) is 2. The van der Waals surface area contributed by atoms with Gasteiger partial charge < -0.3 is 0 Å². The zero-order chi connectivity index (χ0) is 10.4. The molecule has 0 aromatic heterocycles. The predicted molar refractivity (Wildman–Crippen MR) is 58.3 cm³/mol. The second-order valence-electron chi connectivity index (χ2n) is 2.66. The molecule has 0 aliphatic heterocycles. The fraction of sp³-hybridized carbons (Fsp3) is 0.0909. The number of hydrogen-bond acceptors (Lipinski definition) is 2. The predicted octanol–water partition coefficient (Wildman–Crippen LogP) is 3.01. The number of halogens is 1. The molecule has 1 aromatic rings. The molecular formula is C11H7BrN2. The van der Waals surface area contributed by atoms with Gasteiger partial charge in [-0.1, -0.05) is 40.2 Å². The largest absolute Gasteiger partial charge is 0.192 e. The lowest BCUT2D eigenvalue weighted by Crippen LogP contribution is -1.80. The van der Waals surface area contributed by atoms with E-state index in [9.17, 15) is 0 Å². The molecule has 0 fully saturated rings. The summed E-state index contributed by atoms with van der Waals surface area (Å²) in [5, 5.41) is 17.9. The molecule has 0 atom stereocenters. The van der Waals surface area contributed by atoms with Gasteiger partial charge in [0.1, 0.15) is 17.7 Å². The minimum absolute atomic E-state index is 0.122. The van der Waals surface area contributed by atoms with E-state index >= 15 is 0 Å². The van der Waals surface area contributed by atoms with Crippen LogP contribution in [0.4, 0.5) is 0 Å². The second-order valence-corrected chi connectivity index (χ2v) is 3.22. The molecule has 14 heavy (non-hydrogen) atoms. The van der Waals surface area contributed by atoms with Crippen molar-refractivity contribution in [3.05, 3.63) is 41.0 Å². The number of rotatable bonds is 2. The third-order valence-electron chi connectivity index (χ3n) is 1.66. The van der Waals surface area contributed by atoms with Crippen LogP contribution in [-0.2, 0) is 5.33 Å². The first-order valence-corrected chi connectivity index (χ1v) is 5.09. The molecule has 0 heterocycles. The molecule has 0 amide bonds. The number of allylic oxidation sites excluding steroid dienone is 1. The van der Waals surface area contributed by atoms with Crippen molar-refractivity contribution < 1.29 is 0 Å². The topological polar surface area (TPSA) is 47.6 Å². The van der Waals surface area contributed by atoms with Gasteiger partial charge in [-0.2, -0.15) is 10.5 Å². The highest BCUT2D eigenvalue weighted by Gasteiger charge is 1.95. The maximum absolute atomic E-state index is 8.56. The molecule has 0 saturated heterocycles. The molecule has 2 nitrogen and oxygen atoms in total. The van der Waals surface area contributed by atoms with Crippen LogP contribution in [0.3, 0.4) is 0 Å². The Morgan fingerprint density at radius 1 is 1.36 bits per heavy atom. The molecular weight excluding hydrogens is 240 g/mol. The highest BCUT2D eigenvalue weighted by atomic mass is 79.9. The van der Waals surface area contributed by atoms with E-state index < -0.39 is 0 Å². The Morgan fingerprint density at radius 3 is 2.64 bits per heavy atom. The van der Waals surface area contributed by atoms with Gasteiger partial charge in [0.2, 0.25) is 0 Å². The summed E-state index contributed by atoms with van der Waals surface area (Å²) in [4.78, 5) is 0. The zero-order valence-electron chi connectivity index (χ0n) is 7.37. The molecule has 1 rings (SSSR count). The van der Waals surface area contributed by atoms with Crippen LogP contribution in [0.2, 0.25) is 0 Å². The number of alkyl halides is 1. The molecule has 3 heteroatoms. The first kappa shape index (κ1) is 10.5. The summed E-state index contributed by atoms with van der Waals surface area (Å²) in [6, 6.07) is 11.3. The molecule has 68 valence electrons. The lowest BCUT2D eigenvalue weighted by molar-refractivity contribution is 1.42. The SMILES string of the molecule is N#CC(C#N)=Cc1cccc(CBr)c1. The van der Waals surface area contributed by atoms with Crippen LogP contribution in [-0.4, -0.2) is 0 Å². The summed E-state index contributed by atoms with van der Waals surface area (Å²) in [7, 11) is 0. The molecule has 0 N–H and O–H groups in total. The molecule has 0 bridgehead atoms. The minimum atomic E-state index is 0.122. The minimum Gasteiger partial charge on any atom is -0.192 e. The Labute approximate surface area is 91.2 Å². The summed E-state index contributed by atoms with van der Waals surface area (Å²) < 4.78 is 0. The van der Waals surface area contributed by atoms with E-state index in [-0.39, 0.29) is 5.57 Å². The van der Waals surface area contributed by atoms with Gasteiger partial charge in [-0.05, 0) is 17.2 Å². The second kappa shape index (κ2) is 5.21. The maximum Gasteiger partial charge on any atom is 0.130 e. The standard InChI is InChI=1S/C11H7BrN2/c12-6-10-3-1-2-9(4-10)5-11(7-13)8-14/h1-5H,6H2. The zero-order valence-corrected chi connectivity index (χ0v) is 8.95. The van der Waals surface area contributed by atoms with Crippen LogP contribution in [0.15, 0.2) is 29.8 Å². The average molecular weight is 247 g/mol. The summed E-state index contributed by atoms with van der Waals surface area (Å²) in [5.74, 6) is 0. The summed E-state index contributed by atoms with van der Waals surface area (Å²) in [6.07, 6.45) is 1.58. The number of hydrogen-bond donors (Lipinski definition) is 0. The van der Waals surface area contributed by atoms with Crippen LogP contribution < -0.4 is 0 Å².